The van der Waals surface area contributed by atoms with Gasteiger partial charge in [0.05, 0.1) is 17.6 Å². The molecular weight excluding hydrogens is 220 g/mol. The number of aromatic nitrogens is 1. The van der Waals surface area contributed by atoms with Crippen LogP contribution in [0.3, 0.4) is 0 Å². The summed E-state index contributed by atoms with van der Waals surface area (Å²) in [5.74, 6) is 0.749. The molecule has 1 heterocycles. The van der Waals surface area contributed by atoms with Crippen molar-refractivity contribution in [3.63, 3.8) is 0 Å². The monoisotopic (exact) mass is 240 g/mol. The largest absolute Gasteiger partial charge is 0.375 e. The summed E-state index contributed by atoms with van der Waals surface area (Å²) in [5, 5.41) is 0.634. The van der Waals surface area contributed by atoms with E-state index in [0.29, 0.717) is 17.8 Å². The van der Waals surface area contributed by atoms with Gasteiger partial charge in [-0.25, -0.2) is 4.98 Å². The molecule has 0 aliphatic heterocycles. The SMILES string of the molecule is CCC1CCCCC1OCc1cnc(N)s1. The van der Waals surface area contributed by atoms with Crippen molar-refractivity contribution in [3.05, 3.63) is 11.1 Å². The fourth-order valence-corrected chi connectivity index (χ4v) is 3.05. The zero-order valence-corrected chi connectivity index (χ0v) is 10.6. The average Bonchev–Trinajstić information content (AvgIpc) is 2.73. The number of hydrogen-bond donors (Lipinski definition) is 1. The lowest BCUT2D eigenvalue weighted by Crippen LogP contribution is -2.26. The molecule has 1 aliphatic carbocycles. The molecule has 90 valence electrons. The van der Waals surface area contributed by atoms with Gasteiger partial charge in [-0.15, -0.1) is 0 Å². The number of thiazole rings is 1. The molecule has 0 spiro atoms. The normalized spacial score (nSPS) is 25.8. The Morgan fingerprint density at radius 1 is 1.50 bits per heavy atom. The minimum atomic E-state index is 0.446. The third-order valence-electron chi connectivity index (χ3n) is 3.37. The van der Waals surface area contributed by atoms with Crippen LogP contribution in [0.2, 0.25) is 0 Å². The molecule has 0 amide bonds. The van der Waals surface area contributed by atoms with Crippen molar-refractivity contribution in [2.24, 2.45) is 5.92 Å². The second kappa shape index (κ2) is 5.64. The number of ether oxygens (including phenoxy) is 1. The van der Waals surface area contributed by atoms with E-state index in [-0.39, 0.29) is 0 Å². The summed E-state index contributed by atoms with van der Waals surface area (Å²) in [4.78, 5) is 5.17. The lowest BCUT2D eigenvalue weighted by molar-refractivity contribution is -0.0211. The summed E-state index contributed by atoms with van der Waals surface area (Å²) in [7, 11) is 0. The molecule has 1 aromatic heterocycles. The summed E-state index contributed by atoms with van der Waals surface area (Å²) in [5.41, 5.74) is 5.59. The molecule has 2 N–H and O–H groups in total. The summed E-state index contributed by atoms with van der Waals surface area (Å²) in [6.07, 6.45) is 8.72. The van der Waals surface area contributed by atoms with Gasteiger partial charge in [0.25, 0.3) is 0 Å². The van der Waals surface area contributed by atoms with E-state index in [1.54, 1.807) is 0 Å². The standard InChI is InChI=1S/C12H20N2OS/c1-2-9-5-3-4-6-11(9)15-8-10-7-14-12(13)16-10/h7,9,11H,2-6,8H2,1H3,(H2,13,14). The number of rotatable bonds is 4. The minimum absolute atomic E-state index is 0.446. The van der Waals surface area contributed by atoms with E-state index in [9.17, 15) is 0 Å². The molecule has 0 bridgehead atoms. The van der Waals surface area contributed by atoms with Crippen LogP contribution in [-0.4, -0.2) is 11.1 Å². The summed E-state index contributed by atoms with van der Waals surface area (Å²) in [6, 6.07) is 0. The van der Waals surface area contributed by atoms with Crippen LogP contribution in [0.1, 0.15) is 43.9 Å². The van der Waals surface area contributed by atoms with E-state index < -0.39 is 0 Å². The summed E-state index contributed by atoms with van der Waals surface area (Å²) >= 11 is 1.53. The van der Waals surface area contributed by atoms with E-state index in [1.165, 1.54) is 43.4 Å². The lowest BCUT2D eigenvalue weighted by Gasteiger charge is -2.30. The van der Waals surface area contributed by atoms with E-state index in [1.807, 2.05) is 6.20 Å². The smallest absolute Gasteiger partial charge is 0.180 e. The number of nitrogen functional groups attached to an aromatic ring is 1. The van der Waals surface area contributed by atoms with Gasteiger partial charge in [-0.2, -0.15) is 0 Å². The Kier molecular flexibility index (Phi) is 4.18. The first-order chi connectivity index (χ1) is 7.79. The topological polar surface area (TPSA) is 48.1 Å². The van der Waals surface area contributed by atoms with Crippen LogP contribution in [0.5, 0.6) is 0 Å². The number of hydrogen-bond acceptors (Lipinski definition) is 4. The first-order valence-corrected chi connectivity index (χ1v) is 6.93. The van der Waals surface area contributed by atoms with Gasteiger partial charge in [0.1, 0.15) is 0 Å². The zero-order chi connectivity index (χ0) is 11.4. The van der Waals surface area contributed by atoms with Crippen molar-refractivity contribution >= 4 is 16.5 Å². The number of nitrogens with zero attached hydrogens (tertiary/aromatic N) is 1. The predicted molar refractivity (Wildman–Crippen MR) is 67.4 cm³/mol. The van der Waals surface area contributed by atoms with Gasteiger partial charge < -0.3 is 10.5 Å². The van der Waals surface area contributed by atoms with Gasteiger partial charge in [-0.1, -0.05) is 37.5 Å². The van der Waals surface area contributed by atoms with Gasteiger partial charge in [0.2, 0.25) is 0 Å². The Morgan fingerprint density at radius 2 is 2.31 bits per heavy atom. The fourth-order valence-electron chi connectivity index (χ4n) is 2.44. The highest BCUT2D eigenvalue weighted by molar-refractivity contribution is 7.15. The molecule has 1 aromatic rings. The Morgan fingerprint density at radius 3 is 3.00 bits per heavy atom. The van der Waals surface area contributed by atoms with Crippen LogP contribution in [0.25, 0.3) is 0 Å². The minimum Gasteiger partial charge on any atom is -0.375 e. The van der Waals surface area contributed by atoms with E-state index in [4.69, 9.17) is 10.5 Å². The van der Waals surface area contributed by atoms with Gasteiger partial charge in [0, 0.05) is 6.20 Å². The van der Waals surface area contributed by atoms with Crippen molar-refractivity contribution in [1.29, 1.82) is 0 Å². The molecule has 2 atom stereocenters. The van der Waals surface area contributed by atoms with E-state index in [2.05, 4.69) is 11.9 Å². The van der Waals surface area contributed by atoms with Crippen LogP contribution in [0.15, 0.2) is 6.20 Å². The van der Waals surface area contributed by atoms with Crippen LogP contribution in [-0.2, 0) is 11.3 Å². The van der Waals surface area contributed by atoms with Crippen LogP contribution in [0.4, 0.5) is 5.13 Å². The highest BCUT2D eigenvalue weighted by atomic mass is 32.1. The first kappa shape index (κ1) is 11.9. The molecule has 3 nitrogen and oxygen atoms in total. The molecule has 16 heavy (non-hydrogen) atoms. The third kappa shape index (κ3) is 2.95. The second-order valence-corrected chi connectivity index (χ2v) is 5.61. The molecule has 0 radical (unpaired) electrons. The third-order valence-corrected chi connectivity index (χ3v) is 4.17. The molecular formula is C12H20N2OS. The highest BCUT2D eigenvalue weighted by Crippen LogP contribution is 2.30. The van der Waals surface area contributed by atoms with Crippen LogP contribution >= 0.6 is 11.3 Å². The first-order valence-electron chi connectivity index (χ1n) is 6.11. The van der Waals surface area contributed by atoms with Crippen LogP contribution in [0, 0.1) is 5.92 Å². The quantitative estimate of drug-likeness (QED) is 0.879. The van der Waals surface area contributed by atoms with Gasteiger partial charge >= 0.3 is 0 Å². The molecule has 1 saturated carbocycles. The molecule has 0 saturated heterocycles. The lowest BCUT2D eigenvalue weighted by atomic mass is 9.85. The zero-order valence-electron chi connectivity index (χ0n) is 9.82. The van der Waals surface area contributed by atoms with Crippen molar-refractivity contribution in [1.82, 2.24) is 4.98 Å². The Bertz CT molecular complexity index is 327. The second-order valence-electron chi connectivity index (χ2n) is 4.47. The van der Waals surface area contributed by atoms with Crippen molar-refractivity contribution in [3.8, 4) is 0 Å². The molecule has 4 heteroatoms. The molecule has 2 rings (SSSR count). The maximum Gasteiger partial charge on any atom is 0.180 e. The molecule has 1 aliphatic rings. The van der Waals surface area contributed by atoms with Crippen molar-refractivity contribution in [2.75, 3.05) is 5.73 Å². The fraction of sp³-hybridized carbons (Fsp3) is 0.750. The van der Waals surface area contributed by atoms with Crippen LogP contribution < -0.4 is 5.73 Å². The predicted octanol–water partition coefficient (Wildman–Crippen LogP) is 3.21. The number of nitrogens with two attached hydrogens (primary N) is 1. The highest BCUT2D eigenvalue weighted by Gasteiger charge is 2.24. The molecule has 1 fully saturated rings. The maximum atomic E-state index is 6.00. The maximum absolute atomic E-state index is 6.00. The Labute approximate surface area is 101 Å². The molecule has 0 aromatic carbocycles. The Balaban J connectivity index is 1.84. The van der Waals surface area contributed by atoms with E-state index >= 15 is 0 Å². The van der Waals surface area contributed by atoms with Gasteiger partial charge in [-0.3, -0.25) is 0 Å². The van der Waals surface area contributed by atoms with Crippen molar-refractivity contribution in [2.45, 2.75) is 51.7 Å². The van der Waals surface area contributed by atoms with Gasteiger partial charge in [0.15, 0.2) is 5.13 Å². The van der Waals surface area contributed by atoms with Gasteiger partial charge in [-0.05, 0) is 18.8 Å². The number of anilines is 1. The summed E-state index contributed by atoms with van der Waals surface area (Å²) < 4.78 is 6.00. The Hall–Kier alpha value is -0.610. The average molecular weight is 240 g/mol. The summed E-state index contributed by atoms with van der Waals surface area (Å²) in [6.45, 7) is 2.94. The van der Waals surface area contributed by atoms with E-state index in [0.717, 1.165) is 10.8 Å². The molecule has 2 unspecified atom stereocenters. The van der Waals surface area contributed by atoms with Crippen molar-refractivity contribution < 1.29 is 4.74 Å².